The van der Waals surface area contributed by atoms with Crippen LogP contribution in [0.25, 0.3) is 0 Å². The molecule has 0 unspecified atom stereocenters. The number of hydrogen-bond acceptors (Lipinski definition) is 3. The minimum Gasteiger partial charge on any atom is -0.337 e. The van der Waals surface area contributed by atoms with Crippen LogP contribution in [0.15, 0.2) is 46.9 Å². The highest BCUT2D eigenvalue weighted by molar-refractivity contribution is 9.10. The summed E-state index contributed by atoms with van der Waals surface area (Å²) < 4.78 is 0.980. The minimum atomic E-state index is -0.148. The first-order valence-electron chi connectivity index (χ1n) is 6.27. The Bertz CT molecular complexity index is 663. The van der Waals surface area contributed by atoms with E-state index in [0.717, 1.165) is 10.0 Å². The molecule has 0 aliphatic heterocycles. The number of carbonyl (C=O) groups excluding carboxylic acids is 1. The average molecular weight is 369 g/mol. The Balaban J connectivity index is 2.21. The summed E-state index contributed by atoms with van der Waals surface area (Å²) in [5, 5.41) is 0.494. The van der Waals surface area contributed by atoms with Crippen LogP contribution in [0.5, 0.6) is 0 Å². The molecule has 0 aromatic heterocycles. The van der Waals surface area contributed by atoms with Crippen molar-refractivity contribution in [3.05, 3.63) is 63.1 Å². The van der Waals surface area contributed by atoms with Gasteiger partial charge in [-0.25, -0.2) is 0 Å². The highest BCUT2D eigenvalue weighted by Gasteiger charge is 2.16. The van der Waals surface area contributed by atoms with Crippen LogP contribution in [0.4, 0.5) is 5.69 Å². The number of carbonyl (C=O) groups is 1. The topological polar surface area (TPSA) is 58.4 Å². The monoisotopic (exact) mass is 367 g/mol. The van der Waals surface area contributed by atoms with Crippen LogP contribution < -0.4 is 11.3 Å². The minimum absolute atomic E-state index is 0.148. The fraction of sp³-hybridized carbons (Fsp3) is 0.133. The second-order valence-electron chi connectivity index (χ2n) is 4.63. The Morgan fingerprint density at radius 1 is 1.33 bits per heavy atom. The second kappa shape index (κ2) is 6.93. The number of rotatable bonds is 4. The van der Waals surface area contributed by atoms with Gasteiger partial charge >= 0.3 is 0 Å². The predicted octanol–water partition coefficient (Wildman–Crippen LogP) is 3.66. The first-order valence-corrected chi connectivity index (χ1v) is 7.44. The molecule has 0 saturated heterocycles. The Morgan fingerprint density at radius 2 is 2.10 bits per heavy atom. The summed E-state index contributed by atoms with van der Waals surface area (Å²) in [6, 6.07) is 12.8. The number of hydrazine groups is 1. The number of amides is 1. The number of benzene rings is 2. The van der Waals surface area contributed by atoms with Gasteiger partial charge in [0.2, 0.25) is 0 Å². The van der Waals surface area contributed by atoms with Gasteiger partial charge in [-0.1, -0.05) is 39.7 Å². The molecule has 21 heavy (non-hydrogen) atoms. The number of nitrogen functional groups attached to an aromatic ring is 1. The Labute approximate surface area is 137 Å². The number of hydrogen-bond donors (Lipinski definition) is 2. The van der Waals surface area contributed by atoms with E-state index in [1.54, 1.807) is 30.1 Å². The second-order valence-corrected chi connectivity index (χ2v) is 5.98. The summed E-state index contributed by atoms with van der Waals surface area (Å²) >= 11 is 9.38. The molecule has 2 aromatic carbocycles. The van der Waals surface area contributed by atoms with Gasteiger partial charge in [0.1, 0.15) is 0 Å². The molecule has 0 spiro atoms. The van der Waals surface area contributed by atoms with Crippen molar-refractivity contribution < 1.29 is 4.79 Å². The van der Waals surface area contributed by atoms with Crippen LogP contribution in [-0.4, -0.2) is 17.9 Å². The van der Waals surface area contributed by atoms with Gasteiger partial charge in [-0.05, 0) is 35.9 Å². The lowest BCUT2D eigenvalue weighted by Gasteiger charge is -2.19. The molecule has 0 atom stereocenters. The molecule has 0 aliphatic carbocycles. The molecule has 0 aliphatic rings. The van der Waals surface area contributed by atoms with E-state index in [9.17, 15) is 4.79 Å². The lowest BCUT2D eigenvalue weighted by Crippen LogP contribution is -2.27. The smallest absolute Gasteiger partial charge is 0.256 e. The summed E-state index contributed by atoms with van der Waals surface area (Å²) in [5.41, 5.74) is 4.54. The summed E-state index contributed by atoms with van der Waals surface area (Å²) in [7, 11) is 1.74. The fourth-order valence-corrected chi connectivity index (χ4v) is 2.62. The molecule has 1 amide bonds. The van der Waals surface area contributed by atoms with Gasteiger partial charge in [-0.3, -0.25) is 10.6 Å². The maximum atomic E-state index is 12.5. The van der Waals surface area contributed by atoms with E-state index in [2.05, 4.69) is 21.4 Å². The highest BCUT2D eigenvalue weighted by atomic mass is 79.9. The summed E-state index contributed by atoms with van der Waals surface area (Å²) in [6.45, 7) is 0.495. The van der Waals surface area contributed by atoms with E-state index in [1.165, 1.54) is 0 Å². The molecule has 0 bridgehead atoms. The van der Waals surface area contributed by atoms with E-state index < -0.39 is 0 Å². The zero-order chi connectivity index (χ0) is 15.4. The van der Waals surface area contributed by atoms with E-state index in [-0.39, 0.29) is 5.91 Å². The van der Waals surface area contributed by atoms with Crippen LogP contribution in [-0.2, 0) is 6.54 Å². The molecular weight excluding hydrogens is 354 g/mol. The zero-order valence-electron chi connectivity index (χ0n) is 11.4. The number of anilines is 1. The normalized spacial score (nSPS) is 10.3. The molecule has 6 heteroatoms. The molecule has 3 N–H and O–H groups in total. The summed E-state index contributed by atoms with van der Waals surface area (Å²) in [6.07, 6.45) is 0. The molecule has 2 rings (SSSR count). The number of nitrogens with two attached hydrogens (primary N) is 1. The first kappa shape index (κ1) is 15.8. The van der Waals surface area contributed by atoms with Crippen LogP contribution in [0.3, 0.4) is 0 Å². The van der Waals surface area contributed by atoms with Gasteiger partial charge in [0.05, 0.1) is 11.3 Å². The SMILES string of the molecule is CN(Cc1cccc(Br)c1)C(=O)c1cc(Cl)ccc1NN. The maximum Gasteiger partial charge on any atom is 0.256 e. The third-order valence-electron chi connectivity index (χ3n) is 3.02. The number of halogens is 2. The third kappa shape index (κ3) is 3.97. The first-order chi connectivity index (χ1) is 10.0. The molecular formula is C15H15BrClN3O. The summed E-state index contributed by atoms with van der Waals surface area (Å²) in [5.74, 6) is 5.29. The van der Waals surface area contributed by atoms with Crippen molar-refractivity contribution in [3.63, 3.8) is 0 Å². The van der Waals surface area contributed by atoms with Gasteiger partial charge in [0, 0.05) is 23.1 Å². The fourth-order valence-electron chi connectivity index (χ4n) is 2.01. The van der Waals surface area contributed by atoms with E-state index in [4.69, 9.17) is 17.4 Å². The highest BCUT2D eigenvalue weighted by Crippen LogP contribution is 2.22. The van der Waals surface area contributed by atoms with E-state index >= 15 is 0 Å². The van der Waals surface area contributed by atoms with Crippen molar-refractivity contribution in [1.82, 2.24) is 4.90 Å². The number of nitrogens with zero attached hydrogens (tertiary/aromatic N) is 1. The van der Waals surface area contributed by atoms with Crippen LogP contribution >= 0.6 is 27.5 Å². The van der Waals surface area contributed by atoms with Crippen LogP contribution in [0.2, 0.25) is 5.02 Å². The Hall–Kier alpha value is -1.56. The van der Waals surface area contributed by atoms with Crippen molar-refractivity contribution in [2.45, 2.75) is 6.54 Å². The lowest BCUT2D eigenvalue weighted by molar-refractivity contribution is 0.0786. The predicted molar refractivity (Wildman–Crippen MR) is 89.2 cm³/mol. The maximum absolute atomic E-state index is 12.5. The number of nitrogens with one attached hydrogen (secondary N) is 1. The van der Waals surface area contributed by atoms with E-state index in [1.807, 2.05) is 24.3 Å². The molecule has 0 radical (unpaired) electrons. The molecule has 4 nitrogen and oxygen atoms in total. The Kier molecular flexibility index (Phi) is 5.22. The Morgan fingerprint density at radius 3 is 2.76 bits per heavy atom. The van der Waals surface area contributed by atoms with Crippen LogP contribution in [0, 0.1) is 0 Å². The molecule has 0 saturated carbocycles. The largest absolute Gasteiger partial charge is 0.337 e. The van der Waals surface area contributed by atoms with Gasteiger partial charge in [0.15, 0.2) is 0 Å². The quantitative estimate of drug-likeness (QED) is 0.639. The zero-order valence-corrected chi connectivity index (χ0v) is 13.8. The molecule has 0 heterocycles. The average Bonchev–Trinajstić information content (AvgIpc) is 2.46. The van der Waals surface area contributed by atoms with Gasteiger partial charge in [0.25, 0.3) is 5.91 Å². The van der Waals surface area contributed by atoms with Crippen molar-refractivity contribution in [2.24, 2.45) is 5.84 Å². The van der Waals surface area contributed by atoms with Crippen molar-refractivity contribution in [1.29, 1.82) is 0 Å². The van der Waals surface area contributed by atoms with Crippen molar-refractivity contribution in [3.8, 4) is 0 Å². The molecule has 0 fully saturated rings. The summed E-state index contributed by atoms with van der Waals surface area (Å²) in [4.78, 5) is 14.1. The molecule has 2 aromatic rings. The third-order valence-corrected chi connectivity index (χ3v) is 3.75. The van der Waals surface area contributed by atoms with Crippen LogP contribution in [0.1, 0.15) is 15.9 Å². The molecule has 110 valence electrons. The van der Waals surface area contributed by atoms with E-state index in [0.29, 0.717) is 22.8 Å². The van der Waals surface area contributed by atoms with Gasteiger partial charge < -0.3 is 10.3 Å². The van der Waals surface area contributed by atoms with Crippen molar-refractivity contribution in [2.75, 3.05) is 12.5 Å². The van der Waals surface area contributed by atoms with Gasteiger partial charge in [-0.15, -0.1) is 0 Å². The lowest BCUT2D eigenvalue weighted by atomic mass is 10.1. The van der Waals surface area contributed by atoms with Gasteiger partial charge in [-0.2, -0.15) is 0 Å². The standard InChI is InChI=1S/C15H15BrClN3O/c1-20(9-10-3-2-4-11(16)7-10)15(21)13-8-12(17)5-6-14(13)19-18/h2-8,19H,9,18H2,1H3. The van der Waals surface area contributed by atoms with Crippen molar-refractivity contribution >= 4 is 39.1 Å².